The van der Waals surface area contributed by atoms with Crippen molar-refractivity contribution in [1.29, 1.82) is 0 Å². The summed E-state index contributed by atoms with van der Waals surface area (Å²) in [6, 6.07) is 2.15. The molecule has 1 aliphatic rings. The molecule has 0 saturated heterocycles. The molecule has 2 heterocycles. The van der Waals surface area contributed by atoms with E-state index in [2.05, 4.69) is 22.3 Å². The standard InChI is InChI=1S/C18H27N5OS/c1-11-10-16(23(21-11)15-8-6-7-9-15)20-18(24)22(5)12(2)17-13(3)25-14(4)19-17/h10,12,15H,6-9H2,1-5H3,(H,20,24). The van der Waals surface area contributed by atoms with Crippen LogP contribution in [0.25, 0.3) is 0 Å². The third-order valence-corrected chi connectivity index (χ3v) is 5.90. The van der Waals surface area contributed by atoms with Crippen LogP contribution in [0.5, 0.6) is 0 Å². The maximum Gasteiger partial charge on any atom is 0.323 e. The molecule has 2 amide bonds. The molecule has 2 aromatic rings. The summed E-state index contributed by atoms with van der Waals surface area (Å²) in [5, 5.41) is 8.68. The first-order valence-electron chi connectivity index (χ1n) is 8.90. The Hall–Kier alpha value is -1.89. The summed E-state index contributed by atoms with van der Waals surface area (Å²) in [6.45, 7) is 8.03. The molecule has 0 bridgehead atoms. The maximum absolute atomic E-state index is 12.8. The molecule has 1 fully saturated rings. The zero-order valence-electron chi connectivity index (χ0n) is 15.7. The number of amides is 2. The first-order chi connectivity index (χ1) is 11.9. The van der Waals surface area contributed by atoms with Gasteiger partial charge in [-0.1, -0.05) is 12.8 Å². The van der Waals surface area contributed by atoms with Crippen molar-refractivity contribution in [1.82, 2.24) is 19.7 Å². The molecule has 0 radical (unpaired) electrons. The van der Waals surface area contributed by atoms with Gasteiger partial charge in [0.15, 0.2) is 0 Å². The molecule has 136 valence electrons. The van der Waals surface area contributed by atoms with E-state index in [-0.39, 0.29) is 12.1 Å². The monoisotopic (exact) mass is 361 g/mol. The summed E-state index contributed by atoms with van der Waals surface area (Å²) in [5.74, 6) is 0.791. The molecule has 0 aliphatic heterocycles. The van der Waals surface area contributed by atoms with Crippen molar-refractivity contribution >= 4 is 23.2 Å². The lowest BCUT2D eigenvalue weighted by Gasteiger charge is -2.25. The number of urea groups is 1. The van der Waals surface area contributed by atoms with E-state index in [4.69, 9.17) is 0 Å². The molecular weight excluding hydrogens is 334 g/mol. The fourth-order valence-corrected chi connectivity index (χ4v) is 4.43. The number of nitrogens with one attached hydrogen (secondary N) is 1. The number of rotatable bonds is 4. The van der Waals surface area contributed by atoms with Crippen LogP contribution >= 0.6 is 11.3 Å². The number of hydrogen-bond donors (Lipinski definition) is 1. The van der Waals surface area contributed by atoms with E-state index in [1.165, 1.54) is 12.8 Å². The van der Waals surface area contributed by atoms with Gasteiger partial charge in [-0.05, 0) is 40.5 Å². The van der Waals surface area contributed by atoms with Gasteiger partial charge in [0, 0.05) is 18.0 Å². The Balaban J connectivity index is 1.74. The number of hydrogen-bond acceptors (Lipinski definition) is 4. The summed E-state index contributed by atoms with van der Waals surface area (Å²) in [6.07, 6.45) is 4.73. The fraction of sp³-hybridized carbons (Fsp3) is 0.611. The minimum absolute atomic E-state index is 0.0751. The zero-order valence-corrected chi connectivity index (χ0v) is 16.5. The first-order valence-corrected chi connectivity index (χ1v) is 9.72. The Kier molecular flexibility index (Phi) is 5.13. The molecule has 1 atom stereocenters. The van der Waals surface area contributed by atoms with Crippen molar-refractivity contribution in [2.45, 2.75) is 65.5 Å². The van der Waals surface area contributed by atoms with Gasteiger partial charge < -0.3 is 4.90 Å². The third kappa shape index (κ3) is 3.71. The Morgan fingerprint density at radius 3 is 2.64 bits per heavy atom. The summed E-state index contributed by atoms with van der Waals surface area (Å²) in [4.78, 5) is 20.2. The van der Waals surface area contributed by atoms with Crippen LogP contribution in [-0.4, -0.2) is 32.7 Å². The lowest BCUT2D eigenvalue weighted by Crippen LogP contribution is -2.34. The van der Waals surface area contributed by atoms with E-state index in [1.807, 2.05) is 38.6 Å². The molecule has 1 aliphatic carbocycles. The number of anilines is 1. The Labute approximate surface area is 153 Å². The van der Waals surface area contributed by atoms with Crippen molar-refractivity contribution in [2.24, 2.45) is 0 Å². The van der Waals surface area contributed by atoms with Gasteiger partial charge in [0.1, 0.15) is 5.82 Å². The molecule has 25 heavy (non-hydrogen) atoms. The van der Waals surface area contributed by atoms with Gasteiger partial charge in [-0.15, -0.1) is 11.3 Å². The molecule has 0 aromatic carbocycles. The molecule has 2 aromatic heterocycles. The Morgan fingerprint density at radius 2 is 2.04 bits per heavy atom. The van der Waals surface area contributed by atoms with Gasteiger partial charge in [0.2, 0.25) is 0 Å². The smallest absolute Gasteiger partial charge is 0.319 e. The van der Waals surface area contributed by atoms with Crippen LogP contribution in [0.2, 0.25) is 0 Å². The highest BCUT2D eigenvalue weighted by Gasteiger charge is 2.25. The Morgan fingerprint density at radius 1 is 1.36 bits per heavy atom. The van der Waals surface area contributed by atoms with Crippen LogP contribution in [0.3, 0.4) is 0 Å². The lowest BCUT2D eigenvalue weighted by molar-refractivity contribution is 0.207. The third-order valence-electron chi connectivity index (χ3n) is 5.00. The predicted molar refractivity (Wildman–Crippen MR) is 101 cm³/mol. The molecule has 1 N–H and O–H groups in total. The first kappa shape index (κ1) is 17.9. The molecular formula is C18H27N5OS. The van der Waals surface area contributed by atoms with Crippen molar-refractivity contribution in [2.75, 3.05) is 12.4 Å². The number of aryl methyl sites for hydroxylation is 3. The van der Waals surface area contributed by atoms with E-state index < -0.39 is 0 Å². The highest BCUT2D eigenvalue weighted by Crippen LogP contribution is 2.32. The highest BCUT2D eigenvalue weighted by atomic mass is 32.1. The van der Waals surface area contributed by atoms with Crippen LogP contribution in [0.1, 0.15) is 66.0 Å². The largest absolute Gasteiger partial charge is 0.323 e. The highest BCUT2D eigenvalue weighted by molar-refractivity contribution is 7.11. The summed E-state index contributed by atoms with van der Waals surface area (Å²) in [7, 11) is 1.82. The fourth-order valence-electron chi connectivity index (χ4n) is 3.53. The molecule has 0 spiro atoms. The van der Waals surface area contributed by atoms with Crippen molar-refractivity contribution in [3.63, 3.8) is 0 Å². The average molecular weight is 362 g/mol. The molecule has 1 saturated carbocycles. The quantitative estimate of drug-likeness (QED) is 0.865. The van der Waals surface area contributed by atoms with Gasteiger partial charge in [-0.3, -0.25) is 5.32 Å². The summed E-state index contributed by atoms with van der Waals surface area (Å²) in [5.41, 5.74) is 1.91. The minimum Gasteiger partial charge on any atom is -0.319 e. The van der Waals surface area contributed by atoms with E-state index in [1.54, 1.807) is 16.2 Å². The van der Waals surface area contributed by atoms with Crippen LogP contribution in [0.4, 0.5) is 10.6 Å². The summed E-state index contributed by atoms with van der Waals surface area (Å²) < 4.78 is 2.00. The van der Waals surface area contributed by atoms with Gasteiger partial charge >= 0.3 is 6.03 Å². The SMILES string of the molecule is Cc1cc(NC(=O)N(C)C(C)c2nc(C)sc2C)n(C2CCCC2)n1. The van der Waals surface area contributed by atoms with Crippen LogP contribution < -0.4 is 5.32 Å². The van der Waals surface area contributed by atoms with E-state index in [9.17, 15) is 4.79 Å². The van der Waals surface area contributed by atoms with Crippen LogP contribution in [0, 0.1) is 20.8 Å². The number of aromatic nitrogens is 3. The number of carbonyl (C=O) groups is 1. The van der Waals surface area contributed by atoms with E-state index in [0.29, 0.717) is 6.04 Å². The normalized spacial score (nSPS) is 16.2. The second-order valence-electron chi connectivity index (χ2n) is 6.95. The van der Waals surface area contributed by atoms with Gasteiger partial charge in [-0.2, -0.15) is 5.10 Å². The van der Waals surface area contributed by atoms with Gasteiger partial charge in [0.05, 0.1) is 28.5 Å². The minimum atomic E-state index is -0.128. The molecule has 6 nitrogen and oxygen atoms in total. The number of carbonyl (C=O) groups excluding carboxylic acids is 1. The average Bonchev–Trinajstić information content (AvgIpc) is 3.26. The molecule has 7 heteroatoms. The van der Waals surface area contributed by atoms with Crippen LogP contribution in [-0.2, 0) is 0 Å². The predicted octanol–water partition coefficient (Wildman–Crippen LogP) is 4.60. The maximum atomic E-state index is 12.8. The number of nitrogens with zero attached hydrogens (tertiary/aromatic N) is 4. The lowest BCUT2D eigenvalue weighted by atomic mass is 10.2. The second-order valence-corrected chi connectivity index (χ2v) is 8.35. The van der Waals surface area contributed by atoms with Crippen molar-refractivity contribution in [3.8, 4) is 0 Å². The Bertz CT molecular complexity index is 760. The summed E-state index contributed by atoms with van der Waals surface area (Å²) >= 11 is 1.67. The molecule has 1 unspecified atom stereocenters. The van der Waals surface area contributed by atoms with Gasteiger partial charge in [-0.25, -0.2) is 14.5 Å². The van der Waals surface area contributed by atoms with Crippen molar-refractivity contribution < 1.29 is 4.79 Å². The van der Waals surface area contributed by atoms with Gasteiger partial charge in [0.25, 0.3) is 0 Å². The van der Waals surface area contributed by atoms with Crippen molar-refractivity contribution in [3.05, 3.63) is 27.3 Å². The van der Waals surface area contributed by atoms with E-state index in [0.717, 1.165) is 39.9 Å². The van der Waals surface area contributed by atoms with E-state index >= 15 is 0 Å². The van der Waals surface area contributed by atoms with Crippen LogP contribution in [0.15, 0.2) is 6.07 Å². The number of thiazole rings is 1. The molecule has 3 rings (SSSR count). The second kappa shape index (κ2) is 7.15. The zero-order chi connectivity index (χ0) is 18.1. The topological polar surface area (TPSA) is 63.1 Å².